The van der Waals surface area contributed by atoms with Crippen molar-refractivity contribution in [3.8, 4) is 0 Å². The van der Waals surface area contributed by atoms with Gasteiger partial charge in [0.1, 0.15) is 6.04 Å². The number of aliphatic carboxylic acids is 1. The van der Waals surface area contributed by atoms with E-state index in [2.05, 4.69) is 10.6 Å². The van der Waals surface area contributed by atoms with Gasteiger partial charge < -0.3 is 15.7 Å². The van der Waals surface area contributed by atoms with Gasteiger partial charge in [0.05, 0.1) is 12.5 Å². The summed E-state index contributed by atoms with van der Waals surface area (Å²) in [7, 11) is 0. The zero-order valence-corrected chi connectivity index (χ0v) is 12.2. The minimum absolute atomic E-state index is 0.0177. The fourth-order valence-electron chi connectivity index (χ4n) is 1.73. The van der Waals surface area contributed by atoms with Gasteiger partial charge in [0.25, 0.3) is 0 Å². The molecule has 20 heavy (non-hydrogen) atoms. The number of nitrogens with one attached hydrogen (secondary N) is 2. The highest BCUT2D eigenvalue weighted by atomic mass is 32.1. The lowest BCUT2D eigenvalue weighted by atomic mass is 10.1. The summed E-state index contributed by atoms with van der Waals surface area (Å²) in [5, 5.41) is 15.9. The summed E-state index contributed by atoms with van der Waals surface area (Å²) in [5.74, 6) is -1.69. The van der Waals surface area contributed by atoms with Crippen molar-refractivity contribution in [1.29, 1.82) is 0 Å². The van der Waals surface area contributed by atoms with Crippen LogP contribution in [0, 0.1) is 0 Å². The number of hydrogen-bond acceptors (Lipinski definition) is 4. The first-order valence-corrected chi connectivity index (χ1v) is 7.14. The number of thiophene rings is 1. The van der Waals surface area contributed by atoms with E-state index in [0.29, 0.717) is 6.42 Å². The Morgan fingerprint density at radius 2 is 2.05 bits per heavy atom. The van der Waals surface area contributed by atoms with E-state index in [1.807, 2.05) is 17.5 Å². The summed E-state index contributed by atoms with van der Waals surface area (Å²) in [6.07, 6.45) is 0.328. The Bertz CT molecular complexity index is 473. The van der Waals surface area contributed by atoms with Crippen LogP contribution >= 0.6 is 11.3 Å². The lowest BCUT2D eigenvalue weighted by Crippen LogP contribution is -2.42. The van der Waals surface area contributed by atoms with Gasteiger partial charge in [-0.05, 0) is 17.9 Å². The first-order chi connectivity index (χ1) is 9.43. The minimum Gasteiger partial charge on any atom is -0.480 e. The van der Waals surface area contributed by atoms with E-state index in [4.69, 9.17) is 5.11 Å². The molecule has 0 bridgehead atoms. The van der Waals surface area contributed by atoms with Crippen LogP contribution in [0.2, 0.25) is 0 Å². The van der Waals surface area contributed by atoms with Crippen molar-refractivity contribution in [3.05, 3.63) is 22.4 Å². The van der Waals surface area contributed by atoms with Crippen molar-refractivity contribution in [3.63, 3.8) is 0 Å². The highest BCUT2D eigenvalue weighted by molar-refractivity contribution is 7.10. The smallest absolute Gasteiger partial charge is 0.326 e. The first kappa shape index (κ1) is 16.2. The molecule has 1 rings (SSSR count). The predicted molar refractivity (Wildman–Crippen MR) is 75.4 cm³/mol. The van der Waals surface area contributed by atoms with E-state index in [0.717, 1.165) is 4.88 Å². The van der Waals surface area contributed by atoms with Gasteiger partial charge in [-0.25, -0.2) is 4.79 Å². The van der Waals surface area contributed by atoms with E-state index in [1.54, 1.807) is 6.92 Å². The molecule has 7 heteroatoms. The molecule has 3 N–H and O–H groups in total. The summed E-state index contributed by atoms with van der Waals surface area (Å²) in [4.78, 5) is 34.8. The molecule has 0 saturated heterocycles. The first-order valence-electron chi connectivity index (χ1n) is 6.26. The second kappa shape index (κ2) is 7.64. The van der Waals surface area contributed by atoms with Gasteiger partial charge in [-0.15, -0.1) is 11.3 Å². The predicted octanol–water partition coefficient (Wildman–Crippen LogP) is 1.29. The molecule has 0 aromatic carbocycles. The second-order valence-electron chi connectivity index (χ2n) is 4.34. The van der Waals surface area contributed by atoms with Crippen LogP contribution in [0.5, 0.6) is 0 Å². The fraction of sp³-hybridized carbons (Fsp3) is 0.462. The largest absolute Gasteiger partial charge is 0.480 e. The van der Waals surface area contributed by atoms with Crippen LogP contribution in [0.3, 0.4) is 0 Å². The average molecular weight is 298 g/mol. The molecule has 1 aromatic rings. The number of carboxylic acid groups (broad SMARTS) is 1. The highest BCUT2D eigenvalue weighted by Crippen LogP contribution is 2.22. The molecular weight excluding hydrogens is 280 g/mol. The molecule has 1 heterocycles. The quantitative estimate of drug-likeness (QED) is 0.707. The standard InChI is InChI=1S/C13H18N2O4S/c1-3-9(13(18)19)15-12(17)7-10(14-8(2)16)11-5-4-6-20-11/h4-6,9-10H,3,7H2,1-2H3,(H,14,16)(H,15,17)(H,18,19)/t9-,10?/m0/s1. The Kier molecular flexibility index (Phi) is 6.17. The van der Waals surface area contributed by atoms with Crippen molar-refractivity contribution < 1.29 is 19.5 Å². The lowest BCUT2D eigenvalue weighted by Gasteiger charge is -2.18. The van der Waals surface area contributed by atoms with Crippen molar-refractivity contribution >= 4 is 29.1 Å². The lowest BCUT2D eigenvalue weighted by molar-refractivity contribution is -0.142. The van der Waals surface area contributed by atoms with E-state index in [9.17, 15) is 14.4 Å². The molecule has 2 amide bonds. The Balaban J connectivity index is 2.67. The van der Waals surface area contributed by atoms with Gasteiger partial charge in [-0.1, -0.05) is 13.0 Å². The van der Waals surface area contributed by atoms with E-state index in [1.165, 1.54) is 18.3 Å². The number of carbonyl (C=O) groups excluding carboxylic acids is 2. The average Bonchev–Trinajstić information content (AvgIpc) is 2.87. The van der Waals surface area contributed by atoms with E-state index < -0.39 is 24.0 Å². The number of amides is 2. The molecule has 0 radical (unpaired) electrons. The van der Waals surface area contributed by atoms with E-state index >= 15 is 0 Å². The summed E-state index contributed by atoms with van der Waals surface area (Å²) >= 11 is 1.43. The zero-order valence-electron chi connectivity index (χ0n) is 11.4. The van der Waals surface area contributed by atoms with Gasteiger partial charge in [0, 0.05) is 11.8 Å². The van der Waals surface area contributed by atoms with Crippen LogP contribution in [0.4, 0.5) is 0 Å². The number of carbonyl (C=O) groups is 3. The van der Waals surface area contributed by atoms with Gasteiger partial charge in [-0.2, -0.15) is 0 Å². The third-order valence-corrected chi connectivity index (χ3v) is 3.68. The molecule has 0 aliphatic carbocycles. The molecular formula is C13H18N2O4S. The normalized spacial score (nSPS) is 13.3. The zero-order chi connectivity index (χ0) is 15.1. The number of hydrogen-bond donors (Lipinski definition) is 3. The Morgan fingerprint density at radius 3 is 2.50 bits per heavy atom. The fourth-order valence-corrected chi connectivity index (χ4v) is 2.51. The molecule has 0 saturated carbocycles. The van der Waals surface area contributed by atoms with E-state index in [-0.39, 0.29) is 12.3 Å². The SMILES string of the molecule is CC[C@H](NC(=O)CC(NC(C)=O)c1cccs1)C(=O)O. The van der Waals surface area contributed by atoms with Crippen LogP contribution in [0.15, 0.2) is 17.5 Å². The van der Waals surface area contributed by atoms with Crippen LogP contribution in [-0.4, -0.2) is 28.9 Å². The molecule has 2 atom stereocenters. The molecule has 0 fully saturated rings. The molecule has 0 spiro atoms. The monoisotopic (exact) mass is 298 g/mol. The molecule has 110 valence electrons. The summed E-state index contributed by atoms with van der Waals surface area (Å²) in [6, 6.07) is 2.33. The highest BCUT2D eigenvalue weighted by Gasteiger charge is 2.22. The van der Waals surface area contributed by atoms with Gasteiger partial charge >= 0.3 is 5.97 Å². The minimum atomic E-state index is -1.06. The Morgan fingerprint density at radius 1 is 1.35 bits per heavy atom. The van der Waals surface area contributed by atoms with Crippen molar-refractivity contribution in [2.75, 3.05) is 0 Å². The van der Waals surface area contributed by atoms with Crippen LogP contribution < -0.4 is 10.6 Å². The van der Waals surface area contributed by atoms with Crippen molar-refractivity contribution in [1.82, 2.24) is 10.6 Å². The van der Waals surface area contributed by atoms with Crippen LogP contribution in [-0.2, 0) is 14.4 Å². The summed E-state index contributed by atoms with van der Waals surface area (Å²) in [5.41, 5.74) is 0. The molecule has 0 aliphatic heterocycles. The maximum absolute atomic E-state index is 11.9. The van der Waals surface area contributed by atoms with Gasteiger partial charge in [0.15, 0.2) is 0 Å². The third-order valence-electron chi connectivity index (χ3n) is 2.70. The van der Waals surface area contributed by atoms with Crippen LogP contribution in [0.25, 0.3) is 0 Å². The molecule has 1 unspecified atom stereocenters. The summed E-state index contributed by atoms with van der Waals surface area (Å²) in [6.45, 7) is 3.06. The molecule has 6 nitrogen and oxygen atoms in total. The molecule has 0 aliphatic rings. The second-order valence-corrected chi connectivity index (χ2v) is 5.32. The van der Waals surface area contributed by atoms with Crippen molar-refractivity contribution in [2.45, 2.75) is 38.8 Å². The van der Waals surface area contributed by atoms with Crippen LogP contribution in [0.1, 0.15) is 37.6 Å². The number of rotatable bonds is 7. The number of carboxylic acids is 1. The maximum atomic E-state index is 11.9. The maximum Gasteiger partial charge on any atom is 0.326 e. The van der Waals surface area contributed by atoms with Crippen molar-refractivity contribution in [2.24, 2.45) is 0 Å². The third kappa shape index (κ3) is 5.00. The van der Waals surface area contributed by atoms with Gasteiger partial charge in [0.2, 0.25) is 11.8 Å². The Labute approximate surface area is 121 Å². The van der Waals surface area contributed by atoms with Gasteiger partial charge in [-0.3, -0.25) is 9.59 Å². The topological polar surface area (TPSA) is 95.5 Å². The summed E-state index contributed by atoms with van der Waals surface area (Å²) < 4.78 is 0. The Hall–Kier alpha value is -1.89. The molecule has 1 aromatic heterocycles.